The van der Waals surface area contributed by atoms with Crippen LogP contribution in [0.25, 0.3) is 111 Å². The number of nitrogens with zero attached hydrogens (tertiary/aromatic N) is 4. The van der Waals surface area contributed by atoms with Crippen LogP contribution in [-0.4, -0.2) is 19.1 Å². The Morgan fingerprint density at radius 3 is 1.13 bits per heavy atom. The van der Waals surface area contributed by atoms with E-state index < -0.39 is 0 Å². The fraction of sp³-hybridized carbons (Fsp3) is 0. The second kappa shape index (κ2) is 14.7. The number of hydrogen-bond donors (Lipinski definition) is 0. The molecular formula is C58H38N4. The van der Waals surface area contributed by atoms with Gasteiger partial charge in [-0.25, -0.2) is 9.97 Å². The monoisotopic (exact) mass is 790 g/mol. The van der Waals surface area contributed by atoms with Crippen LogP contribution in [0.4, 0.5) is 0 Å². The van der Waals surface area contributed by atoms with E-state index in [1.807, 2.05) is 0 Å². The van der Waals surface area contributed by atoms with Crippen molar-refractivity contribution in [3.05, 3.63) is 231 Å². The molecule has 290 valence electrons. The van der Waals surface area contributed by atoms with Gasteiger partial charge < -0.3 is 0 Å². The molecule has 0 saturated carbocycles. The van der Waals surface area contributed by atoms with Crippen molar-refractivity contribution in [2.75, 3.05) is 0 Å². The average molecular weight is 791 g/mol. The van der Waals surface area contributed by atoms with E-state index in [4.69, 9.17) is 9.97 Å². The molecule has 4 nitrogen and oxygen atoms in total. The molecule has 12 rings (SSSR count). The van der Waals surface area contributed by atoms with Gasteiger partial charge in [0.25, 0.3) is 0 Å². The number of aromatic nitrogens is 4. The summed E-state index contributed by atoms with van der Waals surface area (Å²) in [5, 5.41) is 4.79. The van der Waals surface area contributed by atoms with E-state index in [0.717, 1.165) is 67.3 Å². The number of fused-ring (bicyclic) bond motifs is 4. The Labute approximate surface area is 359 Å². The summed E-state index contributed by atoms with van der Waals surface area (Å²) in [6.45, 7) is 0. The molecular weight excluding hydrogens is 753 g/mol. The van der Waals surface area contributed by atoms with Crippen molar-refractivity contribution < 1.29 is 0 Å². The highest BCUT2D eigenvalue weighted by Crippen LogP contribution is 2.46. The summed E-state index contributed by atoms with van der Waals surface area (Å²) in [7, 11) is 0. The standard InChI is InChI=1S/C58H38N4/c1-5-17-40(18-6-1)55-48-36-34-44(58-60-52-26-14-16-28-54(52)62(58)46-23-11-4-12-24-46)38-50(48)56(41-19-7-2-8-20-41)47-35-33-43(37-49(47)55)39-29-31-42(32-30-39)57-59-51-25-13-15-27-53(51)61(57)45-21-9-3-10-22-45/h1-38H. The lowest BCUT2D eigenvalue weighted by Crippen LogP contribution is -1.98. The molecule has 0 saturated heterocycles. The molecule has 0 bridgehead atoms. The van der Waals surface area contributed by atoms with Crippen LogP contribution in [0.5, 0.6) is 0 Å². The van der Waals surface area contributed by atoms with Gasteiger partial charge in [0.15, 0.2) is 0 Å². The smallest absolute Gasteiger partial charge is 0.145 e. The lowest BCUT2D eigenvalue weighted by Gasteiger charge is -2.20. The van der Waals surface area contributed by atoms with Crippen LogP contribution in [-0.2, 0) is 0 Å². The van der Waals surface area contributed by atoms with Gasteiger partial charge in [-0.05, 0) is 116 Å². The van der Waals surface area contributed by atoms with Gasteiger partial charge in [0, 0.05) is 22.5 Å². The van der Waals surface area contributed by atoms with Crippen LogP contribution in [0, 0.1) is 0 Å². The first kappa shape index (κ1) is 35.6. The van der Waals surface area contributed by atoms with Crippen molar-refractivity contribution >= 4 is 43.6 Å². The summed E-state index contributed by atoms with van der Waals surface area (Å²) in [5.74, 6) is 1.84. The minimum atomic E-state index is 0.915. The first-order valence-electron chi connectivity index (χ1n) is 21.1. The largest absolute Gasteiger partial charge is 0.292 e. The Balaban J connectivity index is 1.07. The summed E-state index contributed by atoms with van der Waals surface area (Å²) in [6, 6.07) is 82.3. The normalized spacial score (nSPS) is 11.5. The van der Waals surface area contributed by atoms with Crippen molar-refractivity contribution in [3.8, 4) is 67.5 Å². The second-order valence-corrected chi connectivity index (χ2v) is 15.8. The Bertz CT molecular complexity index is 3590. The highest BCUT2D eigenvalue weighted by molar-refractivity contribution is 6.22. The van der Waals surface area contributed by atoms with E-state index >= 15 is 0 Å². The predicted molar refractivity (Wildman–Crippen MR) is 258 cm³/mol. The number of rotatable bonds is 7. The highest BCUT2D eigenvalue weighted by atomic mass is 15.1. The maximum absolute atomic E-state index is 5.27. The Hall–Kier alpha value is -8.34. The highest BCUT2D eigenvalue weighted by Gasteiger charge is 2.21. The molecule has 12 aromatic rings. The van der Waals surface area contributed by atoms with Crippen molar-refractivity contribution in [1.82, 2.24) is 19.1 Å². The maximum atomic E-state index is 5.27. The van der Waals surface area contributed by atoms with Gasteiger partial charge in [-0.3, -0.25) is 9.13 Å². The second-order valence-electron chi connectivity index (χ2n) is 15.8. The van der Waals surface area contributed by atoms with E-state index in [9.17, 15) is 0 Å². The molecule has 0 atom stereocenters. The maximum Gasteiger partial charge on any atom is 0.145 e. The van der Waals surface area contributed by atoms with Gasteiger partial charge in [0.2, 0.25) is 0 Å². The lowest BCUT2D eigenvalue weighted by molar-refractivity contribution is 1.10. The summed E-state index contributed by atoms with van der Waals surface area (Å²) >= 11 is 0. The Morgan fingerprint density at radius 2 is 0.629 bits per heavy atom. The van der Waals surface area contributed by atoms with Crippen LogP contribution in [0.1, 0.15) is 0 Å². The van der Waals surface area contributed by atoms with Gasteiger partial charge in [0.1, 0.15) is 11.6 Å². The van der Waals surface area contributed by atoms with Crippen LogP contribution < -0.4 is 0 Å². The fourth-order valence-corrected chi connectivity index (χ4v) is 9.31. The molecule has 2 heterocycles. The van der Waals surface area contributed by atoms with E-state index in [2.05, 4.69) is 240 Å². The fourth-order valence-electron chi connectivity index (χ4n) is 9.31. The van der Waals surface area contributed by atoms with Gasteiger partial charge in [0.05, 0.1) is 22.1 Å². The number of imidazole rings is 2. The van der Waals surface area contributed by atoms with E-state index in [1.54, 1.807) is 0 Å². The van der Waals surface area contributed by atoms with Gasteiger partial charge in [-0.1, -0.05) is 170 Å². The first-order chi connectivity index (χ1) is 30.8. The minimum Gasteiger partial charge on any atom is -0.292 e. The molecule has 0 unspecified atom stereocenters. The van der Waals surface area contributed by atoms with Crippen molar-refractivity contribution in [2.45, 2.75) is 0 Å². The molecule has 0 radical (unpaired) electrons. The van der Waals surface area contributed by atoms with Crippen molar-refractivity contribution in [3.63, 3.8) is 0 Å². The van der Waals surface area contributed by atoms with E-state index in [-0.39, 0.29) is 0 Å². The molecule has 2 aromatic heterocycles. The third kappa shape index (κ3) is 5.92. The lowest BCUT2D eigenvalue weighted by atomic mass is 9.84. The molecule has 4 heteroatoms. The molecule has 0 fully saturated rings. The zero-order chi connectivity index (χ0) is 41.0. The number of para-hydroxylation sites is 6. The van der Waals surface area contributed by atoms with E-state index in [0.29, 0.717) is 0 Å². The predicted octanol–water partition coefficient (Wildman–Crippen LogP) is 15.0. The number of benzene rings is 10. The topological polar surface area (TPSA) is 35.6 Å². The molecule has 0 aliphatic heterocycles. The van der Waals surface area contributed by atoms with Crippen LogP contribution >= 0.6 is 0 Å². The molecule has 0 spiro atoms. The van der Waals surface area contributed by atoms with Crippen LogP contribution in [0.2, 0.25) is 0 Å². The van der Waals surface area contributed by atoms with Crippen LogP contribution in [0.3, 0.4) is 0 Å². The first-order valence-corrected chi connectivity index (χ1v) is 21.1. The van der Waals surface area contributed by atoms with Crippen molar-refractivity contribution in [1.29, 1.82) is 0 Å². The van der Waals surface area contributed by atoms with Gasteiger partial charge in [-0.2, -0.15) is 0 Å². The molecule has 10 aromatic carbocycles. The molecule has 0 aliphatic rings. The van der Waals surface area contributed by atoms with Gasteiger partial charge >= 0.3 is 0 Å². The quantitative estimate of drug-likeness (QED) is 0.151. The number of hydrogen-bond acceptors (Lipinski definition) is 2. The zero-order valence-corrected chi connectivity index (χ0v) is 33.7. The van der Waals surface area contributed by atoms with Crippen LogP contribution in [0.15, 0.2) is 231 Å². The molecule has 62 heavy (non-hydrogen) atoms. The summed E-state index contributed by atoms with van der Waals surface area (Å²) < 4.78 is 4.54. The van der Waals surface area contributed by atoms with Gasteiger partial charge in [-0.15, -0.1) is 0 Å². The Morgan fingerprint density at radius 1 is 0.258 bits per heavy atom. The molecule has 0 aliphatic carbocycles. The SMILES string of the molecule is c1ccc(-c2c3ccc(-c4nc5ccccc5n4-c4ccccc4)cc3c(-c3ccccc3)c3ccc(-c4ccc(-c5nc6ccccc6n5-c5ccccc5)cc4)cc23)cc1. The minimum absolute atomic E-state index is 0.915. The molecule has 0 N–H and O–H groups in total. The summed E-state index contributed by atoms with van der Waals surface area (Å²) in [5.41, 5.74) is 15.5. The third-order valence-corrected chi connectivity index (χ3v) is 12.1. The summed E-state index contributed by atoms with van der Waals surface area (Å²) in [6.07, 6.45) is 0. The summed E-state index contributed by atoms with van der Waals surface area (Å²) in [4.78, 5) is 10.4. The van der Waals surface area contributed by atoms with E-state index in [1.165, 1.54) is 43.8 Å². The molecule has 0 amide bonds. The van der Waals surface area contributed by atoms with Crippen molar-refractivity contribution in [2.24, 2.45) is 0 Å². The average Bonchev–Trinajstić information content (AvgIpc) is 3.94. The third-order valence-electron chi connectivity index (χ3n) is 12.1. The zero-order valence-electron chi connectivity index (χ0n) is 33.7. The Kier molecular flexibility index (Phi) is 8.46.